The van der Waals surface area contributed by atoms with Gasteiger partial charge in [-0.3, -0.25) is 4.79 Å². The average molecular weight is 363 g/mol. The van der Waals surface area contributed by atoms with Crippen molar-refractivity contribution < 1.29 is 4.79 Å². The van der Waals surface area contributed by atoms with Crippen LogP contribution in [-0.2, 0) is 0 Å². The quantitative estimate of drug-likeness (QED) is 0.812. The summed E-state index contributed by atoms with van der Waals surface area (Å²) < 4.78 is 1.06. The first-order valence-electron chi connectivity index (χ1n) is 6.36. The lowest BCUT2D eigenvalue weighted by molar-refractivity contribution is 0.102. The number of nitrogens with one attached hydrogen (secondary N) is 1. The third kappa shape index (κ3) is 3.68. The maximum absolute atomic E-state index is 12.2. The number of benzene rings is 2. The fourth-order valence-corrected chi connectivity index (χ4v) is 2.37. The lowest BCUT2D eigenvalue weighted by Crippen LogP contribution is -2.13. The molecule has 2 rings (SSSR count). The molecule has 3 nitrogen and oxygen atoms in total. The Morgan fingerprint density at radius 2 is 1.57 bits per heavy atom. The molecule has 0 saturated carbocycles. The van der Waals surface area contributed by atoms with Crippen LogP contribution in [0.1, 0.15) is 27.0 Å². The van der Waals surface area contributed by atoms with Gasteiger partial charge in [0.15, 0.2) is 0 Å². The average Bonchev–Trinajstić information content (AvgIpc) is 2.44. The highest BCUT2D eigenvalue weighted by Crippen LogP contribution is 2.25. The van der Waals surface area contributed by atoms with Gasteiger partial charge in [0.2, 0.25) is 0 Å². The third-order valence-corrected chi connectivity index (χ3v) is 4.61. The zero-order valence-corrected chi connectivity index (χ0v) is 14.1. The highest BCUT2D eigenvalue weighted by molar-refractivity contribution is 9.10. The number of aryl methyl sites for hydroxylation is 2. The molecular weight excluding hydrogens is 348 g/mol. The minimum atomic E-state index is -0.161. The molecule has 0 aromatic heterocycles. The number of rotatable bonds is 3. The van der Waals surface area contributed by atoms with Gasteiger partial charge in [-0.1, -0.05) is 40.3 Å². The van der Waals surface area contributed by atoms with E-state index < -0.39 is 0 Å². The number of halogens is 1. The van der Waals surface area contributed by atoms with Crippen molar-refractivity contribution in [1.82, 2.24) is 0 Å². The van der Waals surface area contributed by atoms with E-state index in [1.807, 2.05) is 26.0 Å². The summed E-state index contributed by atoms with van der Waals surface area (Å²) in [6.07, 6.45) is 0. The van der Waals surface area contributed by atoms with Gasteiger partial charge >= 0.3 is 0 Å². The van der Waals surface area contributed by atoms with Crippen LogP contribution in [0.25, 0.3) is 0 Å². The van der Waals surface area contributed by atoms with Crippen LogP contribution in [0.3, 0.4) is 0 Å². The molecule has 0 unspecified atom stereocenters. The summed E-state index contributed by atoms with van der Waals surface area (Å²) in [6, 6.07) is 10.8. The number of hydrogen-bond donors (Lipinski definition) is 2. The fourth-order valence-electron chi connectivity index (χ4n) is 2.01. The Hall–Kier alpha value is -1.72. The number of amides is 1. The number of carbonyl (C=O) groups is 1. The monoisotopic (exact) mass is 362 g/mol. The number of nitrogens with two attached hydrogens (primary N) is 1. The summed E-state index contributed by atoms with van der Waals surface area (Å²) in [5, 5.41) is 2.89. The first kappa shape index (κ1) is 15.7. The molecular formula is C16H15BrN2OS. The molecule has 0 aliphatic carbocycles. The van der Waals surface area contributed by atoms with E-state index in [0.29, 0.717) is 10.6 Å². The zero-order chi connectivity index (χ0) is 15.6. The molecule has 3 N–H and O–H groups in total. The maximum atomic E-state index is 12.2. The van der Waals surface area contributed by atoms with Crippen LogP contribution in [0.15, 0.2) is 40.9 Å². The van der Waals surface area contributed by atoms with Crippen LogP contribution in [-0.4, -0.2) is 10.9 Å². The second-order valence-corrected chi connectivity index (χ2v) is 6.05. The lowest BCUT2D eigenvalue weighted by Gasteiger charge is -2.10. The number of hydrogen-bond acceptors (Lipinski definition) is 2. The van der Waals surface area contributed by atoms with E-state index in [1.54, 1.807) is 24.3 Å². The first-order valence-corrected chi connectivity index (χ1v) is 7.56. The second-order valence-electron chi connectivity index (χ2n) is 4.82. The minimum absolute atomic E-state index is 0.161. The maximum Gasteiger partial charge on any atom is 0.255 e. The largest absolute Gasteiger partial charge is 0.389 e. The molecule has 0 aliphatic rings. The second kappa shape index (κ2) is 6.37. The Balaban J connectivity index is 2.20. The standard InChI is InChI=1S/C16H15BrN2OS/c1-9-7-13(8-10(2)14(9)17)19-16(20)12-5-3-11(4-6-12)15(18)21/h3-8H,1-2H3,(H2,18,21)(H,19,20). The first-order chi connectivity index (χ1) is 9.88. The highest BCUT2D eigenvalue weighted by Gasteiger charge is 2.08. The Morgan fingerprint density at radius 1 is 1.10 bits per heavy atom. The Kier molecular flexibility index (Phi) is 4.75. The summed E-state index contributed by atoms with van der Waals surface area (Å²) in [5.74, 6) is -0.161. The zero-order valence-electron chi connectivity index (χ0n) is 11.7. The molecule has 2 aromatic rings. The smallest absolute Gasteiger partial charge is 0.255 e. The van der Waals surface area contributed by atoms with Gasteiger partial charge in [0.25, 0.3) is 5.91 Å². The summed E-state index contributed by atoms with van der Waals surface area (Å²) in [4.78, 5) is 12.5. The normalized spacial score (nSPS) is 10.2. The van der Waals surface area contributed by atoms with Crippen LogP contribution in [0.5, 0.6) is 0 Å². The van der Waals surface area contributed by atoms with Gasteiger partial charge in [0.1, 0.15) is 4.99 Å². The van der Waals surface area contributed by atoms with Crippen LogP contribution in [0.2, 0.25) is 0 Å². The number of anilines is 1. The van der Waals surface area contributed by atoms with Crippen molar-refractivity contribution in [2.24, 2.45) is 5.73 Å². The highest BCUT2D eigenvalue weighted by atomic mass is 79.9. The van der Waals surface area contributed by atoms with Crippen LogP contribution < -0.4 is 11.1 Å². The lowest BCUT2D eigenvalue weighted by atomic mass is 10.1. The molecule has 5 heteroatoms. The van der Waals surface area contributed by atoms with Crippen LogP contribution >= 0.6 is 28.1 Å². The van der Waals surface area contributed by atoms with Crippen molar-refractivity contribution in [2.45, 2.75) is 13.8 Å². The van der Waals surface area contributed by atoms with Gasteiger partial charge in [0, 0.05) is 21.3 Å². The van der Waals surface area contributed by atoms with Crippen LogP contribution in [0, 0.1) is 13.8 Å². The van der Waals surface area contributed by atoms with Gasteiger partial charge in [-0.2, -0.15) is 0 Å². The molecule has 0 atom stereocenters. The summed E-state index contributed by atoms with van der Waals surface area (Å²) in [6.45, 7) is 3.98. The third-order valence-electron chi connectivity index (χ3n) is 3.13. The van der Waals surface area contributed by atoms with Crippen molar-refractivity contribution in [2.75, 3.05) is 5.32 Å². The Morgan fingerprint density at radius 3 is 2.05 bits per heavy atom. The molecule has 1 amide bonds. The predicted molar refractivity (Wildman–Crippen MR) is 93.9 cm³/mol. The van der Waals surface area contributed by atoms with Crippen molar-refractivity contribution in [1.29, 1.82) is 0 Å². The molecule has 0 saturated heterocycles. The summed E-state index contributed by atoms with van der Waals surface area (Å²) in [5.41, 5.74) is 9.78. The molecule has 0 bridgehead atoms. The van der Waals surface area contributed by atoms with E-state index >= 15 is 0 Å². The summed E-state index contributed by atoms with van der Waals surface area (Å²) in [7, 11) is 0. The Labute approximate surface area is 137 Å². The van der Waals surface area contributed by atoms with Crippen LogP contribution in [0.4, 0.5) is 5.69 Å². The number of carbonyl (C=O) groups excluding carboxylic acids is 1. The molecule has 0 radical (unpaired) electrons. The topological polar surface area (TPSA) is 55.1 Å². The predicted octanol–water partition coefficient (Wildman–Crippen LogP) is 3.95. The van der Waals surface area contributed by atoms with E-state index in [4.69, 9.17) is 18.0 Å². The summed E-state index contributed by atoms with van der Waals surface area (Å²) >= 11 is 8.40. The molecule has 0 aliphatic heterocycles. The van der Waals surface area contributed by atoms with Crippen molar-refractivity contribution in [3.05, 3.63) is 63.1 Å². The van der Waals surface area contributed by atoms with E-state index in [-0.39, 0.29) is 5.91 Å². The SMILES string of the molecule is Cc1cc(NC(=O)c2ccc(C(N)=S)cc2)cc(C)c1Br. The molecule has 0 fully saturated rings. The van der Waals surface area contributed by atoms with Crippen molar-refractivity contribution >= 4 is 44.7 Å². The molecule has 0 spiro atoms. The van der Waals surface area contributed by atoms with Gasteiger partial charge in [-0.05, 0) is 49.2 Å². The number of thiocarbonyl (C=S) groups is 1. The molecule has 108 valence electrons. The van der Waals surface area contributed by atoms with Gasteiger partial charge in [-0.25, -0.2) is 0 Å². The van der Waals surface area contributed by atoms with Crippen molar-refractivity contribution in [3.63, 3.8) is 0 Å². The fraction of sp³-hybridized carbons (Fsp3) is 0.125. The van der Waals surface area contributed by atoms with E-state index in [2.05, 4.69) is 21.2 Å². The van der Waals surface area contributed by atoms with Gasteiger partial charge < -0.3 is 11.1 Å². The molecule has 2 aromatic carbocycles. The Bertz CT molecular complexity index is 688. The van der Waals surface area contributed by atoms with E-state index in [1.165, 1.54) is 0 Å². The molecule has 21 heavy (non-hydrogen) atoms. The molecule has 0 heterocycles. The minimum Gasteiger partial charge on any atom is -0.389 e. The van der Waals surface area contributed by atoms with E-state index in [0.717, 1.165) is 26.9 Å². The van der Waals surface area contributed by atoms with Crippen molar-refractivity contribution in [3.8, 4) is 0 Å². The van der Waals surface area contributed by atoms with Gasteiger partial charge in [0.05, 0.1) is 0 Å². The van der Waals surface area contributed by atoms with E-state index in [9.17, 15) is 4.79 Å². The van der Waals surface area contributed by atoms with Gasteiger partial charge in [-0.15, -0.1) is 0 Å².